The van der Waals surface area contributed by atoms with Crippen LogP contribution in [0.4, 0.5) is 0 Å². The van der Waals surface area contributed by atoms with Crippen molar-refractivity contribution in [1.82, 2.24) is 5.32 Å². The molecule has 1 aromatic carbocycles. The van der Waals surface area contributed by atoms with Crippen LogP contribution in [0.25, 0.3) is 5.57 Å². The molecule has 0 saturated carbocycles. The Morgan fingerprint density at radius 1 is 1.32 bits per heavy atom. The number of benzene rings is 1. The lowest BCUT2D eigenvalue weighted by atomic mass is 9.78. The minimum absolute atomic E-state index is 0.0150. The number of allylic oxidation sites excluding steroid dienone is 2. The molecule has 0 spiro atoms. The monoisotopic (exact) mass is 254 g/mol. The van der Waals surface area contributed by atoms with Gasteiger partial charge < -0.3 is 5.11 Å². The van der Waals surface area contributed by atoms with E-state index in [1.807, 2.05) is 0 Å². The van der Waals surface area contributed by atoms with Crippen LogP contribution < -0.4 is 5.32 Å². The van der Waals surface area contributed by atoms with Gasteiger partial charge in [-0.3, -0.25) is 5.32 Å². The summed E-state index contributed by atoms with van der Waals surface area (Å²) < 4.78 is 0. The van der Waals surface area contributed by atoms with Crippen LogP contribution >= 0.6 is 0 Å². The van der Waals surface area contributed by atoms with Gasteiger partial charge in [0.2, 0.25) is 0 Å². The molecular formula is C16H18N2O. The van der Waals surface area contributed by atoms with E-state index >= 15 is 0 Å². The van der Waals surface area contributed by atoms with Crippen LogP contribution in [0.15, 0.2) is 30.3 Å². The van der Waals surface area contributed by atoms with Gasteiger partial charge in [0.05, 0.1) is 12.7 Å². The summed E-state index contributed by atoms with van der Waals surface area (Å²) in [5.41, 5.74) is 3.88. The highest BCUT2D eigenvalue weighted by Gasteiger charge is 2.41. The summed E-state index contributed by atoms with van der Waals surface area (Å²) in [6, 6.07) is 10.6. The summed E-state index contributed by atoms with van der Waals surface area (Å²) in [7, 11) is 0. The van der Waals surface area contributed by atoms with Crippen molar-refractivity contribution >= 4 is 5.57 Å². The lowest BCUT2D eigenvalue weighted by Crippen LogP contribution is -2.60. The fraction of sp³-hybridized carbons (Fsp3) is 0.438. The maximum absolute atomic E-state index is 9.28. The van der Waals surface area contributed by atoms with Crippen molar-refractivity contribution in [2.75, 3.05) is 6.61 Å². The van der Waals surface area contributed by atoms with E-state index in [0.29, 0.717) is 0 Å². The Kier molecular flexibility index (Phi) is 3.37. The van der Waals surface area contributed by atoms with Gasteiger partial charge in [-0.25, -0.2) is 0 Å². The number of nitrogens with zero attached hydrogens (tertiary/aromatic N) is 1. The van der Waals surface area contributed by atoms with E-state index in [1.165, 1.54) is 30.4 Å². The number of aliphatic hydroxyl groups excluding tert-OH is 1. The summed E-state index contributed by atoms with van der Waals surface area (Å²) >= 11 is 0. The molecule has 2 N–H and O–H groups in total. The van der Waals surface area contributed by atoms with Crippen LogP contribution in [-0.2, 0) is 0 Å². The van der Waals surface area contributed by atoms with E-state index in [0.717, 1.165) is 5.56 Å². The number of nitriles is 1. The molecule has 2 aliphatic rings. The molecular weight excluding hydrogens is 236 g/mol. The van der Waals surface area contributed by atoms with Crippen molar-refractivity contribution in [3.05, 3.63) is 41.5 Å². The van der Waals surface area contributed by atoms with Crippen LogP contribution in [0.3, 0.4) is 0 Å². The standard InChI is InChI=1S/C16H18N2O/c17-9-14-16(15(10-19)18-14)13-7-5-12(6-8-13)11-3-1-2-4-11/h3,5-8,14-16,18-19H,1-2,4,10H2/t14-,15-,16+/m0/s1. The normalized spacial score (nSPS) is 29.5. The van der Waals surface area contributed by atoms with E-state index in [4.69, 9.17) is 5.26 Å². The molecule has 1 heterocycles. The third-order valence-electron chi connectivity index (χ3n) is 4.23. The lowest BCUT2D eigenvalue weighted by molar-refractivity contribution is 0.151. The van der Waals surface area contributed by atoms with Crippen molar-refractivity contribution in [1.29, 1.82) is 5.26 Å². The van der Waals surface area contributed by atoms with Gasteiger partial charge in [-0.1, -0.05) is 30.3 Å². The maximum atomic E-state index is 9.28. The van der Waals surface area contributed by atoms with Gasteiger partial charge in [0.25, 0.3) is 0 Å². The Morgan fingerprint density at radius 3 is 2.68 bits per heavy atom. The van der Waals surface area contributed by atoms with Gasteiger partial charge in [-0.15, -0.1) is 0 Å². The number of aliphatic hydroxyl groups is 1. The average molecular weight is 254 g/mol. The minimum atomic E-state index is -0.173. The first-order valence-electron chi connectivity index (χ1n) is 6.89. The Hall–Kier alpha value is -1.63. The van der Waals surface area contributed by atoms with Gasteiger partial charge in [0.1, 0.15) is 6.04 Å². The van der Waals surface area contributed by atoms with E-state index in [-0.39, 0.29) is 24.6 Å². The molecule has 1 aromatic rings. The van der Waals surface area contributed by atoms with Crippen LogP contribution in [0.2, 0.25) is 0 Å². The highest BCUT2D eigenvalue weighted by Crippen LogP contribution is 2.33. The van der Waals surface area contributed by atoms with E-state index in [1.54, 1.807) is 0 Å². The molecule has 0 unspecified atom stereocenters. The van der Waals surface area contributed by atoms with Crippen molar-refractivity contribution in [2.24, 2.45) is 0 Å². The van der Waals surface area contributed by atoms with Gasteiger partial charge in [-0.05, 0) is 36.0 Å². The fourth-order valence-electron chi connectivity index (χ4n) is 3.11. The minimum Gasteiger partial charge on any atom is -0.395 e. The molecule has 0 amide bonds. The zero-order valence-electron chi connectivity index (χ0n) is 10.8. The second kappa shape index (κ2) is 5.16. The molecule has 3 nitrogen and oxygen atoms in total. The van der Waals surface area contributed by atoms with Gasteiger partial charge in [0, 0.05) is 12.0 Å². The van der Waals surface area contributed by atoms with Crippen LogP contribution in [0.1, 0.15) is 36.3 Å². The van der Waals surface area contributed by atoms with Crippen LogP contribution in [0, 0.1) is 11.3 Å². The molecule has 1 fully saturated rings. The summed E-state index contributed by atoms with van der Waals surface area (Å²) in [5, 5.41) is 21.4. The summed E-state index contributed by atoms with van der Waals surface area (Å²) in [5.74, 6) is 0.113. The topological polar surface area (TPSA) is 56.0 Å². The predicted octanol–water partition coefficient (Wildman–Crippen LogP) is 2.19. The zero-order valence-corrected chi connectivity index (χ0v) is 10.8. The Labute approximate surface area is 113 Å². The molecule has 0 bridgehead atoms. The van der Waals surface area contributed by atoms with E-state index in [9.17, 15) is 5.11 Å². The third kappa shape index (κ3) is 2.18. The smallest absolute Gasteiger partial charge is 0.104 e. The Morgan fingerprint density at radius 2 is 2.11 bits per heavy atom. The number of hydrogen-bond acceptors (Lipinski definition) is 3. The van der Waals surface area contributed by atoms with Crippen molar-refractivity contribution in [2.45, 2.75) is 37.3 Å². The molecule has 3 rings (SSSR count). The molecule has 3 atom stereocenters. The quantitative estimate of drug-likeness (QED) is 0.869. The first kappa shape index (κ1) is 12.4. The third-order valence-corrected chi connectivity index (χ3v) is 4.23. The predicted molar refractivity (Wildman–Crippen MR) is 74.4 cm³/mol. The Bertz CT molecular complexity index is 527. The molecule has 98 valence electrons. The van der Waals surface area contributed by atoms with Crippen molar-refractivity contribution in [3.8, 4) is 6.07 Å². The summed E-state index contributed by atoms with van der Waals surface area (Å²) in [6.45, 7) is 0.0791. The largest absolute Gasteiger partial charge is 0.395 e. The molecule has 3 heteroatoms. The SMILES string of the molecule is N#C[C@@H]1N[C@@H](CO)[C@@H]1c1ccc(C2=CCCC2)cc1. The number of hydrogen-bond donors (Lipinski definition) is 2. The zero-order chi connectivity index (χ0) is 13.2. The molecule has 1 aliphatic heterocycles. The second-order valence-corrected chi connectivity index (χ2v) is 5.33. The average Bonchev–Trinajstić information content (AvgIpc) is 2.93. The highest BCUT2D eigenvalue weighted by molar-refractivity contribution is 5.67. The van der Waals surface area contributed by atoms with Gasteiger partial charge in [-0.2, -0.15) is 5.26 Å². The van der Waals surface area contributed by atoms with Crippen molar-refractivity contribution < 1.29 is 5.11 Å². The van der Waals surface area contributed by atoms with Crippen LogP contribution in [0.5, 0.6) is 0 Å². The molecule has 1 saturated heterocycles. The van der Waals surface area contributed by atoms with E-state index in [2.05, 4.69) is 41.7 Å². The molecule has 0 aromatic heterocycles. The van der Waals surface area contributed by atoms with Crippen LogP contribution in [-0.4, -0.2) is 23.8 Å². The van der Waals surface area contributed by atoms with E-state index < -0.39 is 0 Å². The molecule has 0 radical (unpaired) electrons. The molecule has 1 aliphatic carbocycles. The van der Waals surface area contributed by atoms with Crippen molar-refractivity contribution in [3.63, 3.8) is 0 Å². The summed E-state index contributed by atoms with van der Waals surface area (Å²) in [4.78, 5) is 0. The second-order valence-electron chi connectivity index (χ2n) is 5.33. The summed E-state index contributed by atoms with van der Waals surface area (Å²) in [6.07, 6.45) is 5.93. The maximum Gasteiger partial charge on any atom is 0.104 e. The molecule has 19 heavy (non-hydrogen) atoms. The van der Waals surface area contributed by atoms with Gasteiger partial charge in [0.15, 0.2) is 0 Å². The fourth-order valence-corrected chi connectivity index (χ4v) is 3.11. The first-order chi connectivity index (χ1) is 9.33. The lowest BCUT2D eigenvalue weighted by Gasteiger charge is -2.42. The van der Waals surface area contributed by atoms with Gasteiger partial charge >= 0.3 is 0 Å². The first-order valence-corrected chi connectivity index (χ1v) is 6.89. The Balaban J connectivity index is 1.80. The highest BCUT2D eigenvalue weighted by atomic mass is 16.3. The number of nitrogens with one attached hydrogen (secondary N) is 1. The number of rotatable bonds is 3.